The van der Waals surface area contributed by atoms with Gasteiger partial charge in [-0.15, -0.1) is 0 Å². The van der Waals surface area contributed by atoms with Crippen LogP contribution < -0.4 is 5.32 Å². The van der Waals surface area contributed by atoms with E-state index in [1.807, 2.05) is 18.7 Å². The molecule has 0 aromatic carbocycles. The van der Waals surface area contributed by atoms with Crippen LogP contribution in [0.1, 0.15) is 46.0 Å². The molecule has 5 heteroatoms. The molecule has 0 saturated carbocycles. The number of rotatable bonds is 5. The van der Waals surface area contributed by atoms with Crippen molar-refractivity contribution in [3.8, 4) is 0 Å². The maximum absolute atomic E-state index is 12.0. The summed E-state index contributed by atoms with van der Waals surface area (Å²) in [7, 11) is 0. The largest absolute Gasteiger partial charge is 0.481 e. The van der Waals surface area contributed by atoms with Crippen molar-refractivity contribution in [3.05, 3.63) is 0 Å². The highest BCUT2D eigenvalue weighted by Gasteiger charge is 2.24. The maximum Gasteiger partial charge on any atom is 0.317 e. The summed E-state index contributed by atoms with van der Waals surface area (Å²) in [5.74, 6) is -1.30. The summed E-state index contributed by atoms with van der Waals surface area (Å²) in [4.78, 5) is 24.8. The summed E-state index contributed by atoms with van der Waals surface area (Å²) in [6, 6.07) is 0.137. The van der Waals surface area contributed by atoms with Gasteiger partial charge in [-0.25, -0.2) is 4.79 Å². The molecular formula is C13H24N2O3. The molecule has 2 amide bonds. The van der Waals surface area contributed by atoms with E-state index in [0.29, 0.717) is 6.42 Å². The average Bonchev–Trinajstić information content (AvgIpc) is 2.34. The molecule has 0 bridgehead atoms. The molecule has 18 heavy (non-hydrogen) atoms. The number of hydrogen-bond donors (Lipinski definition) is 2. The monoisotopic (exact) mass is 256 g/mol. The van der Waals surface area contributed by atoms with Gasteiger partial charge in [0.05, 0.1) is 5.92 Å². The SMILES string of the molecule is CCCC(CNC(=O)N1CCCCC1C)C(=O)O. The summed E-state index contributed by atoms with van der Waals surface area (Å²) >= 11 is 0. The third-order valence-corrected chi connectivity index (χ3v) is 3.55. The van der Waals surface area contributed by atoms with Crippen LogP contribution in [0.5, 0.6) is 0 Å². The van der Waals surface area contributed by atoms with E-state index in [0.717, 1.165) is 25.8 Å². The van der Waals surface area contributed by atoms with Crippen molar-refractivity contribution >= 4 is 12.0 Å². The first-order valence-corrected chi connectivity index (χ1v) is 6.83. The van der Waals surface area contributed by atoms with E-state index in [4.69, 9.17) is 5.11 Å². The summed E-state index contributed by atoms with van der Waals surface area (Å²) < 4.78 is 0. The van der Waals surface area contributed by atoms with E-state index in [1.165, 1.54) is 6.42 Å². The Bertz CT molecular complexity index is 294. The zero-order valence-electron chi connectivity index (χ0n) is 11.3. The second kappa shape index (κ2) is 7.24. The minimum Gasteiger partial charge on any atom is -0.481 e. The first kappa shape index (κ1) is 14.8. The van der Waals surface area contributed by atoms with Crippen LogP contribution in [0, 0.1) is 5.92 Å². The molecule has 2 N–H and O–H groups in total. The van der Waals surface area contributed by atoms with Crippen molar-refractivity contribution in [1.29, 1.82) is 0 Å². The van der Waals surface area contributed by atoms with Gasteiger partial charge >= 0.3 is 12.0 Å². The van der Waals surface area contributed by atoms with Crippen LogP contribution in [-0.2, 0) is 4.79 Å². The number of aliphatic carboxylic acids is 1. The predicted octanol–water partition coefficient (Wildman–Crippen LogP) is 2.07. The average molecular weight is 256 g/mol. The number of piperidine rings is 1. The van der Waals surface area contributed by atoms with Gasteiger partial charge < -0.3 is 15.3 Å². The molecule has 0 aromatic rings. The summed E-state index contributed by atoms with van der Waals surface area (Å²) in [5.41, 5.74) is 0. The molecule has 1 saturated heterocycles. The molecule has 0 aliphatic carbocycles. The molecule has 1 aliphatic rings. The van der Waals surface area contributed by atoms with E-state index in [2.05, 4.69) is 5.32 Å². The minimum absolute atomic E-state index is 0.121. The first-order valence-electron chi connectivity index (χ1n) is 6.83. The van der Waals surface area contributed by atoms with E-state index in [-0.39, 0.29) is 18.6 Å². The highest BCUT2D eigenvalue weighted by Crippen LogP contribution is 2.16. The number of likely N-dealkylation sites (tertiary alicyclic amines) is 1. The van der Waals surface area contributed by atoms with Crippen molar-refractivity contribution in [2.24, 2.45) is 5.92 Å². The maximum atomic E-state index is 12.0. The molecular weight excluding hydrogens is 232 g/mol. The number of hydrogen-bond acceptors (Lipinski definition) is 2. The molecule has 1 rings (SSSR count). The van der Waals surface area contributed by atoms with E-state index >= 15 is 0 Å². The quantitative estimate of drug-likeness (QED) is 0.791. The van der Waals surface area contributed by atoms with Crippen LogP contribution in [0.15, 0.2) is 0 Å². The van der Waals surface area contributed by atoms with Gasteiger partial charge in [-0.1, -0.05) is 13.3 Å². The van der Waals surface area contributed by atoms with Crippen molar-refractivity contribution in [1.82, 2.24) is 10.2 Å². The van der Waals surface area contributed by atoms with Crippen LogP contribution >= 0.6 is 0 Å². The Morgan fingerprint density at radius 1 is 1.44 bits per heavy atom. The van der Waals surface area contributed by atoms with Gasteiger partial charge in [0.2, 0.25) is 0 Å². The fourth-order valence-electron chi connectivity index (χ4n) is 2.37. The lowest BCUT2D eigenvalue weighted by molar-refractivity contribution is -0.141. The number of amides is 2. The number of carbonyl (C=O) groups excluding carboxylic acids is 1. The van der Waals surface area contributed by atoms with Crippen molar-refractivity contribution in [3.63, 3.8) is 0 Å². The van der Waals surface area contributed by atoms with Gasteiger partial charge in [-0.3, -0.25) is 4.79 Å². The molecule has 1 aliphatic heterocycles. The number of carboxylic acid groups (broad SMARTS) is 1. The predicted molar refractivity (Wildman–Crippen MR) is 69.5 cm³/mol. The van der Waals surface area contributed by atoms with Crippen LogP contribution in [-0.4, -0.2) is 41.1 Å². The van der Waals surface area contributed by atoms with Crippen LogP contribution in [0.3, 0.4) is 0 Å². The van der Waals surface area contributed by atoms with Gasteiger partial charge in [0.15, 0.2) is 0 Å². The molecule has 0 spiro atoms. The summed E-state index contributed by atoms with van der Waals surface area (Å²) in [5, 5.41) is 11.8. The Morgan fingerprint density at radius 2 is 2.17 bits per heavy atom. The molecule has 5 nitrogen and oxygen atoms in total. The lowest BCUT2D eigenvalue weighted by atomic mass is 10.0. The second-order valence-corrected chi connectivity index (χ2v) is 5.05. The summed E-state index contributed by atoms with van der Waals surface area (Å²) in [6.45, 7) is 4.99. The van der Waals surface area contributed by atoms with Gasteiger partial charge in [-0.2, -0.15) is 0 Å². The Morgan fingerprint density at radius 3 is 2.72 bits per heavy atom. The smallest absolute Gasteiger partial charge is 0.317 e. The Hall–Kier alpha value is -1.26. The highest BCUT2D eigenvalue weighted by molar-refractivity contribution is 5.76. The van der Waals surface area contributed by atoms with Crippen LogP contribution in [0.4, 0.5) is 4.79 Å². The van der Waals surface area contributed by atoms with Crippen molar-refractivity contribution in [2.75, 3.05) is 13.1 Å². The molecule has 1 fully saturated rings. The number of carboxylic acids is 1. The topological polar surface area (TPSA) is 69.6 Å². The van der Waals surface area contributed by atoms with Gasteiger partial charge in [-0.05, 0) is 32.6 Å². The lowest BCUT2D eigenvalue weighted by Crippen LogP contribution is -2.48. The fraction of sp³-hybridized carbons (Fsp3) is 0.846. The highest BCUT2D eigenvalue weighted by atomic mass is 16.4. The number of urea groups is 1. The van der Waals surface area contributed by atoms with Crippen molar-refractivity contribution in [2.45, 2.75) is 52.0 Å². The van der Waals surface area contributed by atoms with Gasteiger partial charge in [0.1, 0.15) is 0 Å². The fourth-order valence-corrected chi connectivity index (χ4v) is 2.37. The zero-order valence-corrected chi connectivity index (χ0v) is 11.3. The molecule has 2 atom stereocenters. The number of nitrogens with zero attached hydrogens (tertiary/aromatic N) is 1. The zero-order chi connectivity index (χ0) is 13.5. The Labute approximate surface area is 109 Å². The van der Waals surface area contributed by atoms with Crippen LogP contribution in [0.25, 0.3) is 0 Å². The molecule has 2 unspecified atom stereocenters. The van der Waals surface area contributed by atoms with E-state index < -0.39 is 11.9 Å². The first-order chi connectivity index (χ1) is 8.56. The van der Waals surface area contributed by atoms with E-state index in [1.54, 1.807) is 0 Å². The third kappa shape index (κ3) is 4.20. The van der Waals surface area contributed by atoms with E-state index in [9.17, 15) is 9.59 Å². The van der Waals surface area contributed by atoms with Crippen molar-refractivity contribution < 1.29 is 14.7 Å². The third-order valence-electron chi connectivity index (χ3n) is 3.55. The molecule has 0 radical (unpaired) electrons. The molecule has 0 aromatic heterocycles. The summed E-state index contributed by atoms with van der Waals surface area (Å²) in [6.07, 6.45) is 4.65. The second-order valence-electron chi connectivity index (χ2n) is 5.05. The number of carbonyl (C=O) groups is 2. The standard InChI is InChI=1S/C13H24N2O3/c1-3-6-11(12(16)17)9-14-13(18)15-8-5-4-7-10(15)2/h10-11H,3-9H2,1-2H3,(H,14,18)(H,16,17). The number of nitrogens with one attached hydrogen (secondary N) is 1. The minimum atomic E-state index is -0.830. The van der Waals surface area contributed by atoms with Gasteiger partial charge in [0, 0.05) is 19.1 Å². The normalized spacial score (nSPS) is 21.4. The molecule has 1 heterocycles. The van der Waals surface area contributed by atoms with Crippen LogP contribution in [0.2, 0.25) is 0 Å². The Balaban J connectivity index is 2.41. The lowest BCUT2D eigenvalue weighted by Gasteiger charge is -2.33. The molecule has 104 valence electrons. The van der Waals surface area contributed by atoms with Gasteiger partial charge in [0.25, 0.3) is 0 Å². The Kier molecular flexibility index (Phi) is 5.95.